The maximum absolute atomic E-state index is 13.2. The largest absolute Gasteiger partial charge is 0.491 e. The van der Waals surface area contributed by atoms with Gasteiger partial charge < -0.3 is 54.2 Å². The Morgan fingerprint density at radius 2 is 0.524 bits per heavy atom. The Labute approximate surface area is 832 Å². The van der Waals surface area contributed by atoms with Crippen molar-refractivity contribution >= 4 is 35.8 Å². The minimum Gasteiger partial charge on any atom is -0.491 e. The van der Waals surface area contributed by atoms with Crippen molar-refractivity contribution < 1.29 is 87.1 Å². The SMILES string of the molecule is CC(C)Oc1ccc(-n2cc(-c3ccc(C(=O)O)cc3)cn2)cc1.CC(C)Oc1ccc(-n2cc(-c3cccc(C(=O)O)c3)cn2)cc1.CC(C)Oc1cccc(-n2cc(-c3ccc(C(=O)O)cc3)cn2)c1.CC(C)Oc1cccc(-n2cc(-c3cccc(C(=O)O)c3)cn2)c1.CC(F)(F)c1ccc(-n2cc(-c3cccc(C(=O)O)c3)cn2)nc1.O=C(O)c1cccc(-c2cnn(-c3ccc(-n4cccc4)cc3)c2)c1. The van der Waals surface area contributed by atoms with Crippen molar-refractivity contribution in [1.82, 2.24) is 68.2 Å². The van der Waals surface area contributed by atoms with Crippen LogP contribution in [0, 0.1) is 0 Å². The number of alkyl halides is 2. The van der Waals surface area contributed by atoms with Crippen LogP contribution in [0.5, 0.6) is 23.0 Å². The molecule has 0 bridgehead atoms. The highest BCUT2D eigenvalue weighted by Crippen LogP contribution is 2.33. The zero-order chi connectivity index (χ0) is 103. The first kappa shape index (κ1) is 102. The van der Waals surface area contributed by atoms with Gasteiger partial charge in [-0.05, 0) is 283 Å². The van der Waals surface area contributed by atoms with Crippen molar-refractivity contribution in [3.63, 3.8) is 0 Å². The number of carboxylic acids is 6. The lowest BCUT2D eigenvalue weighted by Crippen LogP contribution is -2.08. The summed E-state index contributed by atoms with van der Waals surface area (Å²) in [6.45, 7) is 16.7. The van der Waals surface area contributed by atoms with E-state index in [9.17, 15) is 37.5 Å². The van der Waals surface area contributed by atoms with Gasteiger partial charge in [0.15, 0.2) is 5.82 Å². The van der Waals surface area contributed by atoms with Crippen LogP contribution < -0.4 is 18.9 Å². The van der Waals surface area contributed by atoms with Crippen molar-refractivity contribution in [3.8, 4) is 130 Å². The second kappa shape index (κ2) is 47.1. The Hall–Kier alpha value is -19.0. The van der Waals surface area contributed by atoms with Gasteiger partial charge in [-0.2, -0.15) is 30.6 Å². The van der Waals surface area contributed by atoms with Crippen LogP contribution in [-0.4, -0.2) is 159 Å². The predicted octanol–water partition coefficient (Wildman–Crippen LogP) is 23.9. The Morgan fingerprint density at radius 1 is 0.255 bits per heavy atom. The molecule has 19 aromatic rings. The molecule has 0 unspecified atom stereocenters. The number of ether oxygens (including phenoxy) is 4. The van der Waals surface area contributed by atoms with Gasteiger partial charge in [-0.15, -0.1) is 0 Å². The molecule has 0 radical (unpaired) electrons. The van der Waals surface area contributed by atoms with Gasteiger partial charge in [-0.25, -0.2) is 70.6 Å². The molecule has 0 spiro atoms. The summed E-state index contributed by atoms with van der Waals surface area (Å²) in [5.41, 5.74) is 17.1. The van der Waals surface area contributed by atoms with Crippen LogP contribution in [0.4, 0.5) is 8.78 Å². The van der Waals surface area contributed by atoms with Crippen LogP contribution in [0.1, 0.15) is 130 Å². The topological polar surface area (TPSA) is 385 Å². The van der Waals surface area contributed by atoms with E-state index in [4.69, 9.17) is 49.6 Å². The minimum atomic E-state index is -2.95. The highest BCUT2D eigenvalue weighted by Gasteiger charge is 2.25. The first-order valence-corrected chi connectivity index (χ1v) is 45.6. The molecule has 30 nitrogen and oxygen atoms in total. The molecule has 11 aromatic carbocycles. The Bertz CT molecular complexity index is 7630. The van der Waals surface area contributed by atoms with E-state index in [1.807, 2.05) is 255 Å². The molecule has 0 aliphatic rings. The quantitative estimate of drug-likeness (QED) is 0.0265. The molecule has 732 valence electrons. The van der Waals surface area contributed by atoms with Crippen LogP contribution in [0.15, 0.2) is 384 Å². The van der Waals surface area contributed by atoms with E-state index in [-0.39, 0.29) is 63.4 Å². The third kappa shape index (κ3) is 28.0. The fraction of sp³-hybridized carbons (Fsp3) is 0.124. The molecular weight excluding hydrogens is 1850 g/mol. The molecule has 8 heterocycles. The Balaban J connectivity index is 0.000000138. The molecule has 19 rings (SSSR count). The molecule has 0 atom stereocenters. The number of aromatic nitrogens is 14. The standard InChI is InChI=1S/C20H15N3O2.4C19H18N2O3.C17H13F2N3O2/c24-20(25)16-5-3-4-15(12-16)17-13-21-23(14-17)19-8-6-18(7-9-19)22-10-1-2-11-22;1-13(2)24-18-9-7-17(8-10-18)21-12-16(11-20-21)14-3-5-15(6-4-14)19(22)23;1-13(2)24-18-8-4-7-17(10-18)21-12-16(11-20-21)14-5-3-6-15(9-14)19(22)23;1-13(2)24-18-5-3-4-17(10-18)21-12-16(11-20-21)14-6-8-15(9-7-14)19(22)23;1-13(2)24-18-8-6-17(7-9-18)21-12-16(11-20-21)14-4-3-5-15(10-14)19(22)23;1-17(18,19)14-5-6-15(20-9-14)22-10-13(8-21-22)11-3-2-4-12(7-11)16(23)24/h1-14H,(H,24,25);4*3-13H,1-2H3,(H,22,23);2-10H,1H3,(H,23,24). The highest BCUT2D eigenvalue weighted by molar-refractivity contribution is 5.92. The molecule has 0 saturated heterocycles. The zero-order valence-electron chi connectivity index (χ0n) is 80.0. The molecule has 0 amide bonds. The van der Waals surface area contributed by atoms with E-state index in [1.54, 1.807) is 182 Å². The Morgan fingerprint density at radius 3 is 0.814 bits per heavy atom. The summed E-state index contributed by atoms with van der Waals surface area (Å²) in [5.74, 6) is -5.02. The third-order valence-electron chi connectivity index (χ3n) is 21.6. The van der Waals surface area contributed by atoms with Crippen LogP contribution in [0.3, 0.4) is 0 Å². The van der Waals surface area contributed by atoms with Gasteiger partial charge in [0.25, 0.3) is 5.92 Å². The van der Waals surface area contributed by atoms with Gasteiger partial charge in [0.2, 0.25) is 0 Å². The van der Waals surface area contributed by atoms with Crippen molar-refractivity contribution in [1.29, 1.82) is 0 Å². The molecule has 6 N–H and O–H groups in total. The number of pyridine rings is 1. The summed E-state index contributed by atoms with van der Waals surface area (Å²) >= 11 is 0. The number of aromatic carboxylic acids is 6. The number of nitrogens with zero attached hydrogens (tertiary/aromatic N) is 14. The van der Waals surface area contributed by atoms with Crippen LogP contribution in [-0.2, 0) is 5.92 Å². The zero-order valence-corrected chi connectivity index (χ0v) is 80.0. The number of carbonyl (C=O) groups is 6. The van der Waals surface area contributed by atoms with E-state index in [2.05, 4.69) is 35.6 Å². The first-order chi connectivity index (χ1) is 69.6. The third-order valence-corrected chi connectivity index (χ3v) is 21.6. The van der Waals surface area contributed by atoms with Crippen molar-refractivity contribution in [2.45, 2.75) is 92.7 Å². The summed E-state index contributed by atoms with van der Waals surface area (Å²) in [5, 5.41) is 80.3. The van der Waals surface area contributed by atoms with E-state index < -0.39 is 41.7 Å². The van der Waals surface area contributed by atoms with Crippen LogP contribution in [0.25, 0.3) is 107 Å². The lowest BCUT2D eigenvalue weighted by Gasteiger charge is -2.10. The van der Waals surface area contributed by atoms with Gasteiger partial charge in [0, 0.05) is 119 Å². The fourth-order valence-corrected chi connectivity index (χ4v) is 14.5. The van der Waals surface area contributed by atoms with Crippen molar-refractivity contribution in [2.24, 2.45) is 0 Å². The molecular formula is C113H100F2N14O16. The van der Waals surface area contributed by atoms with Gasteiger partial charge in [0.1, 0.15) is 23.0 Å². The molecule has 0 saturated carbocycles. The van der Waals surface area contributed by atoms with E-state index in [1.165, 1.54) is 28.9 Å². The summed E-state index contributed by atoms with van der Waals surface area (Å²) in [4.78, 5) is 70.2. The average Bonchev–Trinajstić information content (AvgIpc) is 1.63. The lowest BCUT2D eigenvalue weighted by molar-refractivity contribution is 0.0170. The predicted molar refractivity (Wildman–Crippen MR) is 546 cm³/mol. The number of carboxylic acid groups (broad SMARTS) is 6. The van der Waals surface area contributed by atoms with Crippen molar-refractivity contribution in [2.75, 3.05) is 0 Å². The number of hydrogen-bond donors (Lipinski definition) is 6. The van der Waals surface area contributed by atoms with Gasteiger partial charge in [-0.1, -0.05) is 84.9 Å². The first-order valence-electron chi connectivity index (χ1n) is 45.6. The summed E-state index contributed by atoms with van der Waals surface area (Å²) in [6.07, 6.45) is 27.0. The van der Waals surface area contributed by atoms with Gasteiger partial charge >= 0.3 is 35.8 Å². The molecule has 0 aliphatic carbocycles. The Kier molecular flexibility index (Phi) is 33.1. The number of hydrogen-bond acceptors (Lipinski definition) is 17. The van der Waals surface area contributed by atoms with E-state index in [0.29, 0.717) is 16.9 Å². The second-order valence-electron chi connectivity index (χ2n) is 33.9. The van der Waals surface area contributed by atoms with Crippen LogP contribution >= 0.6 is 0 Å². The maximum Gasteiger partial charge on any atom is 0.335 e. The number of halogens is 2. The maximum atomic E-state index is 13.2. The molecule has 145 heavy (non-hydrogen) atoms. The molecule has 8 aromatic heterocycles. The summed E-state index contributed by atoms with van der Waals surface area (Å²) in [6, 6.07) is 86.0. The summed E-state index contributed by atoms with van der Waals surface area (Å²) in [7, 11) is 0. The fourth-order valence-electron chi connectivity index (χ4n) is 14.5. The van der Waals surface area contributed by atoms with E-state index >= 15 is 0 Å². The lowest BCUT2D eigenvalue weighted by atomic mass is 10.1. The van der Waals surface area contributed by atoms with Gasteiger partial charge in [0.05, 0.1) is 123 Å². The van der Waals surface area contributed by atoms with Crippen LogP contribution in [0.2, 0.25) is 0 Å². The summed E-state index contributed by atoms with van der Waals surface area (Å²) < 4.78 is 61.4. The normalized spacial score (nSPS) is 10.9. The highest BCUT2D eigenvalue weighted by atomic mass is 19.3. The monoisotopic (exact) mass is 1950 g/mol. The van der Waals surface area contributed by atoms with Crippen molar-refractivity contribution in [3.05, 3.63) is 423 Å². The van der Waals surface area contributed by atoms with E-state index in [0.717, 1.165) is 126 Å². The molecule has 0 fully saturated rings. The molecule has 0 aliphatic heterocycles. The molecule has 32 heteroatoms. The number of rotatable bonds is 28. The minimum absolute atomic E-state index is 0.104. The second-order valence-corrected chi connectivity index (χ2v) is 33.9. The van der Waals surface area contributed by atoms with Gasteiger partial charge in [-0.3, -0.25) is 0 Å². The number of benzene rings is 11. The smallest absolute Gasteiger partial charge is 0.335 e. The average molecular weight is 1950 g/mol.